The fourth-order valence-corrected chi connectivity index (χ4v) is 1.77. The van der Waals surface area contributed by atoms with E-state index in [0.717, 1.165) is 6.07 Å². The molecule has 5 N–H and O–H groups in total. The molecule has 0 radical (unpaired) electrons. The number of alkyl halides is 3. The summed E-state index contributed by atoms with van der Waals surface area (Å²) in [6.07, 6.45) is -4.80. The molecule has 1 aliphatic heterocycles. The van der Waals surface area contributed by atoms with Gasteiger partial charge in [-0.2, -0.15) is 18.3 Å². The molecule has 1 aliphatic rings. The monoisotopic (exact) mass is 315 g/mol. The van der Waals surface area contributed by atoms with Crippen molar-refractivity contribution >= 4 is 28.6 Å². The molecular weight excluding hydrogens is 303 g/mol. The Bertz CT molecular complexity index is 669. The Hall–Kier alpha value is -2.62. The fraction of sp³-hybridized carbons (Fsp3) is 0.250. The van der Waals surface area contributed by atoms with Gasteiger partial charge in [0.15, 0.2) is 11.5 Å². The van der Waals surface area contributed by atoms with Crippen LogP contribution in [0.3, 0.4) is 0 Å². The van der Waals surface area contributed by atoms with Gasteiger partial charge in [0, 0.05) is 6.07 Å². The largest absolute Gasteiger partial charge is 0.508 e. The van der Waals surface area contributed by atoms with Crippen LogP contribution in [-0.2, 0) is 0 Å². The summed E-state index contributed by atoms with van der Waals surface area (Å²) in [5, 5.41) is 29.7. The maximum atomic E-state index is 13.0. The van der Waals surface area contributed by atoms with E-state index in [0.29, 0.717) is 5.01 Å². The predicted octanol–water partition coefficient (Wildman–Crippen LogP) is 1.25. The first-order valence-corrected chi connectivity index (χ1v) is 6.04. The minimum atomic E-state index is -4.80. The van der Waals surface area contributed by atoms with E-state index in [9.17, 15) is 18.3 Å². The Morgan fingerprint density at radius 1 is 1.36 bits per heavy atom. The number of aliphatic hydroxyl groups is 1. The number of phenols is 1. The quantitative estimate of drug-likeness (QED) is 0.628. The first-order valence-electron chi connectivity index (χ1n) is 6.04. The van der Waals surface area contributed by atoms with E-state index in [4.69, 9.17) is 16.2 Å². The standard InChI is InChI=1S/C12H12F3N5O2/c13-12(14,15)10-9(11(17)20(19-10)3-4-21)18-8-2-1-6(22)5-7(8)16/h1-2,5,17,21-22H,3-4,16H2. The summed E-state index contributed by atoms with van der Waals surface area (Å²) in [7, 11) is 0. The number of nitrogens with one attached hydrogen (secondary N) is 1. The normalized spacial score (nSPS) is 17.3. The smallest absolute Gasteiger partial charge is 0.437 e. The molecule has 1 aromatic rings. The molecule has 0 aromatic heterocycles. The second kappa shape index (κ2) is 5.64. The van der Waals surface area contributed by atoms with Crippen molar-refractivity contribution in [3.8, 4) is 5.75 Å². The lowest BCUT2D eigenvalue weighted by Crippen LogP contribution is -2.33. The van der Waals surface area contributed by atoms with Crippen molar-refractivity contribution in [1.82, 2.24) is 5.01 Å². The molecule has 0 unspecified atom stereocenters. The maximum absolute atomic E-state index is 13.0. The molecule has 118 valence electrons. The molecule has 0 atom stereocenters. The van der Waals surface area contributed by atoms with Crippen molar-refractivity contribution in [2.45, 2.75) is 6.18 Å². The summed E-state index contributed by atoms with van der Waals surface area (Å²) in [5.74, 6) is -0.747. The van der Waals surface area contributed by atoms with Crippen LogP contribution in [0.1, 0.15) is 0 Å². The average Bonchev–Trinajstić information content (AvgIpc) is 2.71. The van der Waals surface area contributed by atoms with Crippen LogP contribution in [0.5, 0.6) is 5.75 Å². The number of nitrogens with two attached hydrogens (primary N) is 1. The molecule has 1 aromatic carbocycles. The maximum Gasteiger partial charge on any atom is 0.437 e. The predicted molar refractivity (Wildman–Crippen MR) is 74.6 cm³/mol. The molecule has 0 aliphatic carbocycles. The number of halogens is 3. The lowest BCUT2D eigenvalue weighted by atomic mass is 10.2. The number of rotatable bonds is 3. The minimum Gasteiger partial charge on any atom is -0.508 e. The van der Waals surface area contributed by atoms with Gasteiger partial charge in [-0.3, -0.25) is 5.41 Å². The highest BCUT2D eigenvalue weighted by atomic mass is 19.4. The van der Waals surface area contributed by atoms with Crippen molar-refractivity contribution in [2.75, 3.05) is 18.9 Å². The summed E-state index contributed by atoms with van der Waals surface area (Å²) in [6.45, 7) is -0.728. The molecule has 1 heterocycles. The van der Waals surface area contributed by atoms with Gasteiger partial charge in [0.2, 0.25) is 0 Å². The van der Waals surface area contributed by atoms with Gasteiger partial charge in [-0.15, -0.1) is 0 Å². The first-order chi connectivity index (χ1) is 10.2. The lowest BCUT2D eigenvalue weighted by Gasteiger charge is -2.11. The number of nitrogens with zero attached hydrogens (tertiary/aromatic N) is 3. The summed E-state index contributed by atoms with van der Waals surface area (Å²) >= 11 is 0. The van der Waals surface area contributed by atoms with Gasteiger partial charge >= 0.3 is 6.18 Å². The van der Waals surface area contributed by atoms with Crippen LogP contribution >= 0.6 is 0 Å². The molecule has 2 rings (SSSR count). The van der Waals surface area contributed by atoms with Crippen molar-refractivity contribution in [3.63, 3.8) is 0 Å². The van der Waals surface area contributed by atoms with Crippen LogP contribution in [0.15, 0.2) is 28.3 Å². The van der Waals surface area contributed by atoms with Crippen molar-refractivity contribution in [3.05, 3.63) is 18.2 Å². The van der Waals surface area contributed by atoms with E-state index in [2.05, 4.69) is 10.1 Å². The van der Waals surface area contributed by atoms with Gasteiger partial charge in [0.1, 0.15) is 11.5 Å². The highest BCUT2D eigenvalue weighted by molar-refractivity contribution is 6.70. The Balaban J connectivity index is 2.49. The summed E-state index contributed by atoms with van der Waals surface area (Å²) < 4.78 is 39.0. The van der Waals surface area contributed by atoms with Crippen molar-refractivity contribution in [2.24, 2.45) is 10.1 Å². The van der Waals surface area contributed by atoms with Crippen LogP contribution < -0.4 is 5.73 Å². The van der Waals surface area contributed by atoms with E-state index in [-0.39, 0.29) is 23.7 Å². The van der Waals surface area contributed by atoms with Crippen LogP contribution in [0.25, 0.3) is 0 Å². The summed E-state index contributed by atoms with van der Waals surface area (Å²) in [6, 6.07) is 3.58. The molecule has 22 heavy (non-hydrogen) atoms. The van der Waals surface area contributed by atoms with Gasteiger partial charge < -0.3 is 15.9 Å². The summed E-state index contributed by atoms with van der Waals surface area (Å²) in [4.78, 5) is 3.74. The second-order valence-corrected chi connectivity index (χ2v) is 4.35. The molecule has 0 spiro atoms. The topological polar surface area (TPSA) is 118 Å². The molecule has 0 amide bonds. The van der Waals surface area contributed by atoms with Gasteiger partial charge in [0.25, 0.3) is 0 Å². The average molecular weight is 315 g/mol. The SMILES string of the molecule is N=C1C(=Nc2ccc(O)cc2N)C(C(F)(F)F)=NN1CCO. The number of phenolic OH excluding ortho intramolecular Hbond substituents is 1. The van der Waals surface area contributed by atoms with Gasteiger partial charge in [-0.05, 0) is 12.1 Å². The van der Waals surface area contributed by atoms with Crippen LogP contribution in [0.4, 0.5) is 24.5 Å². The van der Waals surface area contributed by atoms with E-state index in [1.165, 1.54) is 12.1 Å². The number of hydrazone groups is 1. The van der Waals surface area contributed by atoms with Crippen LogP contribution in [-0.4, -0.2) is 51.8 Å². The third-order valence-electron chi connectivity index (χ3n) is 2.75. The molecular formula is C12H12F3N5O2. The number of hydrogen-bond acceptors (Lipinski definition) is 6. The molecule has 0 saturated carbocycles. The number of hydrogen-bond donors (Lipinski definition) is 4. The highest BCUT2D eigenvalue weighted by Crippen LogP contribution is 2.29. The summed E-state index contributed by atoms with van der Waals surface area (Å²) in [5.41, 5.74) is 3.48. The molecule has 7 nitrogen and oxygen atoms in total. The first kappa shape index (κ1) is 15.8. The zero-order valence-corrected chi connectivity index (χ0v) is 11.1. The molecule has 0 bridgehead atoms. The zero-order valence-electron chi connectivity index (χ0n) is 11.1. The van der Waals surface area contributed by atoms with Gasteiger partial charge in [-0.25, -0.2) is 10.0 Å². The molecule has 0 fully saturated rings. The Kier molecular flexibility index (Phi) is 4.04. The van der Waals surface area contributed by atoms with E-state index in [1.54, 1.807) is 0 Å². The molecule has 10 heteroatoms. The van der Waals surface area contributed by atoms with Crippen molar-refractivity contribution < 1.29 is 23.4 Å². The lowest BCUT2D eigenvalue weighted by molar-refractivity contribution is -0.0571. The number of aliphatic hydroxyl groups excluding tert-OH is 1. The van der Waals surface area contributed by atoms with Crippen LogP contribution in [0.2, 0.25) is 0 Å². The van der Waals surface area contributed by atoms with E-state index < -0.39 is 30.0 Å². The number of β-amino-alcohol motifs (C(OH)–C–C–N with tert-alkyl or cyclic N) is 1. The number of anilines is 1. The van der Waals surface area contributed by atoms with E-state index >= 15 is 0 Å². The molecule has 0 saturated heterocycles. The number of amidine groups is 1. The van der Waals surface area contributed by atoms with Gasteiger partial charge in [0.05, 0.1) is 24.5 Å². The number of benzene rings is 1. The van der Waals surface area contributed by atoms with Gasteiger partial charge in [-0.1, -0.05) is 0 Å². The Labute approximate surface area is 122 Å². The number of nitrogen functional groups attached to an aromatic ring is 1. The third-order valence-corrected chi connectivity index (χ3v) is 2.75. The Morgan fingerprint density at radius 2 is 2.05 bits per heavy atom. The van der Waals surface area contributed by atoms with E-state index in [1.807, 2.05) is 0 Å². The number of aromatic hydroxyl groups is 1. The van der Waals surface area contributed by atoms with Crippen LogP contribution in [0, 0.1) is 5.41 Å². The minimum absolute atomic E-state index is 0.0275. The van der Waals surface area contributed by atoms with Crippen molar-refractivity contribution in [1.29, 1.82) is 5.41 Å². The Morgan fingerprint density at radius 3 is 2.59 bits per heavy atom. The highest BCUT2D eigenvalue weighted by Gasteiger charge is 2.46. The second-order valence-electron chi connectivity index (χ2n) is 4.35. The fourth-order valence-electron chi connectivity index (χ4n) is 1.77. The third kappa shape index (κ3) is 3.01. The number of aliphatic imine (C=N–C) groups is 1. The zero-order chi connectivity index (χ0) is 16.5.